The van der Waals surface area contributed by atoms with Gasteiger partial charge in [-0.15, -0.1) is 10.2 Å². The van der Waals surface area contributed by atoms with Crippen molar-refractivity contribution in [3.05, 3.63) is 55.5 Å². The Balaban J connectivity index is 1.37. The highest BCUT2D eigenvalue weighted by molar-refractivity contribution is 5.68. The molecular formula is C23H25FN6O. The molecule has 4 heterocycles. The number of phenols is 1. The standard InChI is InChI=1S/C23H25FN6O/c1-14(17-11-23(2)7-3-4-18(27-23)21(17)24)22-26-12-19(28-29-22)16-6-5-15(10-20(16)31)30-9-8-25-13-30/h5-6,8-10,12-13,17-18,21,27,31H,1,3-4,7,11H2,2H3/t17-,18?,21+,23+/m1/s1. The zero-order chi connectivity index (χ0) is 21.6. The molecule has 3 aromatic rings. The van der Waals surface area contributed by atoms with Crippen molar-refractivity contribution in [2.24, 2.45) is 5.92 Å². The number of nitrogens with zero attached hydrogens (tertiary/aromatic N) is 5. The number of aromatic nitrogens is 5. The summed E-state index contributed by atoms with van der Waals surface area (Å²) in [7, 11) is 0. The minimum absolute atomic E-state index is 0.0665. The molecule has 160 valence electrons. The maximum absolute atomic E-state index is 15.1. The van der Waals surface area contributed by atoms with Gasteiger partial charge in [0, 0.05) is 41.5 Å². The van der Waals surface area contributed by atoms with Crippen LogP contribution in [0.25, 0.3) is 22.5 Å². The average molecular weight is 420 g/mol. The van der Waals surface area contributed by atoms with E-state index in [0.717, 1.165) is 24.9 Å². The van der Waals surface area contributed by atoms with Crippen LogP contribution < -0.4 is 5.32 Å². The summed E-state index contributed by atoms with van der Waals surface area (Å²) in [5.41, 5.74) is 2.26. The Morgan fingerprint density at radius 1 is 1.35 bits per heavy atom. The van der Waals surface area contributed by atoms with Gasteiger partial charge < -0.3 is 15.0 Å². The zero-order valence-corrected chi connectivity index (χ0v) is 17.4. The first-order valence-corrected chi connectivity index (χ1v) is 10.6. The van der Waals surface area contributed by atoms with Gasteiger partial charge in [0.25, 0.3) is 0 Å². The van der Waals surface area contributed by atoms with Crippen LogP contribution in [0.4, 0.5) is 4.39 Å². The van der Waals surface area contributed by atoms with Crippen molar-refractivity contribution >= 4 is 5.57 Å². The lowest BCUT2D eigenvalue weighted by Crippen LogP contribution is -2.62. The number of benzene rings is 1. The van der Waals surface area contributed by atoms with Gasteiger partial charge in [0.05, 0.1) is 18.2 Å². The number of fused-ring (bicyclic) bond motifs is 2. The fraction of sp³-hybridized carbons (Fsp3) is 0.391. The molecule has 2 aliphatic heterocycles. The van der Waals surface area contributed by atoms with Gasteiger partial charge in [-0.05, 0) is 50.3 Å². The van der Waals surface area contributed by atoms with E-state index in [1.807, 2.05) is 6.07 Å². The number of halogens is 1. The molecule has 8 heteroatoms. The van der Waals surface area contributed by atoms with Crippen LogP contribution in [0, 0.1) is 5.92 Å². The van der Waals surface area contributed by atoms with Crippen LogP contribution >= 0.6 is 0 Å². The number of hydrogen-bond donors (Lipinski definition) is 2. The summed E-state index contributed by atoms with van der Waals surface area (Å²) in [5, 5.41) is 22.4. The molecular weight excluding hydrogens is 395 g/mol. The summed E-state index contributed by atoms with van der Waals surface area (Å²) in [6.45, 7) is 6.28. The lowest BCUT2D eigenvalue weighted by atomic mass is 9.69. The number of nitrogens with one attached hydrogen (secondary N) is 1. The normalized spacial score (nSPS) is 27.7. The number of phenolic OH excluding ortho intramolecular Hbond substituents is 1. The van der Waals surface area contributed by atoms with E-state index in [-0.39, 0.29) is 23.2 Å². The fourth-order valence-electron chi connectivity index (χ4n) is 4.92. The third kappa shape index (κ3) is 3.61. The Kier molecular flexibility index (Phi) is 4.81. The molecule has 0 amide bonds. The van der Waals surface area contributed by atoms with E-state index < -0.39 is 6.17 Å². The molecule has 2 saturated heterocycles. The summed E-state index contributed by atoms with van der Waals surface area (Å²) in [6.07, 6.45) is 9.26. The highest BCUT2D eigenvalue weighted by atomic mass is 19.1. The minimum atomic E-state index is -1.01. The molecule has 1 aromatic carbocycles. The second kappa shape index (κ2) is 7.53. The van der Waals surface area contributed by atoms with Gasteiger partial charge in [-0.25, -0.2) is 14.4 Å². The predicted molar refractivity (Wildman–Crippen MR) is 115 cm³/mol. The quantitative estimate of drug-likeness (QED) is 0.669. The molecule has 2 N–H and O–H groups in total. The molecule has 2 bridgehead atoms. The topological polar surface area (TPSA) is 88.8 Å². The Hall–Kier alpha value is -3.13. The summed E-state index contributed by atoms with van der Waals surface area (Å²) < 4.78 is 16.9. The summed E-state index contributed by atoms with van der Waals surface area (Å²) >= 11 is 0. The van der Waals surface area contributed by atoms with E-state index in [2.05, 4.69) is 39.0 Å². The van der Waals surface area contributed by atoms with Gasteiger partial charge in [-0.3, -0.25) is 0 Å². The van der Waals surface area contributed by atoms with Crippen molar-refractivity contribution in [2.75, 3.05) is 0 Å². The first-order valence-electron chi connectivity index (χ1n) is 10.6. The zero-order valence-electron chi connectivity index (χ0n) is 17.4. The van der Waals surface area contributed by atoms with Crippen LogP contribution in [0.15, 0.2) is 49.7 Å². The van der Waals surface area contributed by atoms with Crippen molar-refractivity contribution in [3.8, 4) is 22.7 Å². The van der Waals surface area contributed by atoms with Crippen molar-refractivity contribution in [2.45, 2.75) is 50.4 Å². The van der Waals surface area contributed by atoms with Gasteiger partial charge in [0.1, 0.15) is 17.6 Å². The molecule has 1 unspecified atom stereocenters. The molecule has 2 aromatic heterocycles. The largest absolute Gasteiger partial charge is 0.507 e. The second-order valence-electron chi connectivity index (χ2n) is 8.82. The number of allylic oxidation sites excluding steroid dienone is 1. The van der Waals surface area contributed by atoms with Crippen molar-refractivity contribution in [1.29, 1.82) is 0 Å². The van der Waals surface area contributed by atoms with Crippen molar-refractivity contribution < 1.29 is 9.50 Å². The molecule has 4 atom stereocenters. The molecule has 2 fully saturated rings. The Morgan fingerprint density at radius 3 is 2.94 bits per heavy atom. The van der Waals surface area contributed by atoms with Gasteiger partial charge in [-0.1, -0.05) is 6.58 Å². The third-order valence-electron chi connectivity index (χ3n) is 6.57. The SMILES string of the molecule is C=C(c1ncc(-c2ccc(-n3ccnc3)cc2O)nn1)[C@H]1C[C@]2(C)CCCC(N2)[C@H]1F. The van der Waals surface area contributed by atoms with Crippen LogP contribution in [0.5, 0.6) is 5.75 Å². The third-order valence-corrected chi connectivity index (χ3v) is 6.57. The number of hydrogen-bond acceptors (Lipinski definition) is 6. The number of aromatic hydroxyl groups is 1. The second-order valence-corrected chi connectivity index (χ2v) is 8.82. The number of piperidine rings is 2. The van der Waals surface area contributed by atoms with Gasteiger partial charge in [-0.2, -0.15) is 0 Å². The summed E-state index contributed by atoms with van der Waals surface area (Å²) in [4.78, 5) is 8.42. The molecule has 5 rings (SSSR count). The van der Waals surface area contributed by atoms with Crippen LogP contribution in [-0.4, -0.2) is 47.6 Å². The molecule has 31 heavy (non-hydrogen) atoms. The first kappa shape index (κ1) is 19.8. The lowest BCUT2D eigenvalue weighted by Gasteiger charge is -2.49. The van der Waals surface area contributed by atoms with Crippen LogP contribution in [0.1, 0.15) is 38.4 Å². The Labute approximate surface area is 180 Å². The van der Waals surface area contributed by atoms with Crippen LogP contribution in [0.2, 0.25) is 0 Å². The van der Waals surface area contributed by atoms with E-state index in [9.17, 15) is 5.11 Å². The number of imidazole rings is 1. The van der Waals surface area contributed by atoms with Crippen LogP contribution in [0.3, 0.4) is 0 Å². The molecule has 0 aliphatic carbocycles. The van der Waals surface area contributed by atoms with E-state index in [1.54, 1.807) is 41.6 Å². The molecule has 0 spiro atoms. The molecule has 7 nitrogen and oxygen atoms in total. The smallest absolute Gasteiger partial charge is 0.177 e. The Bertz CT molecular complexity index is 1100. The Morgan fingerprint density at radius 2 is 2.23 bits per heavy atom. The van der Waals surface area contributed by atoms with Gasteiger partial charge in [0.15, 0.2) is 5.82 Å². The maximum atomic E-state index is 15.1. The van der Waals surface area contributed by atoms with Crippen LogP contribution in [-0.2, 0) is 0 Å². The van der Waals surface area contributed by atoms with E-state index in [4.69, 9.17) is 0 Å². The molecule has 0 radical (unpaired) electrons. The first-order chi connectivity index (χ1) is 14.9. The lowest BCUT2D eigenvalue weighted by molar-refractivity contribution is 0.0523. The maximum Gasteiger partial charge on any atom is 0.177 e. The minimum Gasteiger partial charge on any atom is -0.507 e. The molecule has 2 aliphatic rings. The molecule has 0 saturated carbocycles. The highest BCUT2D eigenvalue weighted by Crippen LogP contribution is 2.43. The van der Waals surface area contributed by atoms with E-state index in [1.165, 1.54) is 0 Å². The van der Waals surface area contributed by atoms with Gasteiger partial charge >= 0.3 is 0 Å². The summed E-state index contributed by atoms with van der Waals surface area (Å²) in [6, 6.07) is 5.10. The van der Waals surface area contributed by atoms with Crippen molar-refractivity contribution in [1.82, 2.24) is 30.0 Å². The monoisotopic (exact) mass is 420 g/mol. The fourth-order valence-corrected chi connectivity index (χ4v) is 4.92. The average Bonchev–Trinajstić information content (AvgIpc) is 3.31. The summed E-state index contributed by atoms with van der Waals surface area (Å²) in [5.74, 6) is 0.0957. The number of rotatable bonds is 4. The van der Waals surface area contributed by atoms with E-state index >= 15 is 4.39 Å². The van der Waals surface area contributed by atoms with Crippen molar-refractivity contribution in [3.63, 3.8) is 0 Å². The van der Waals surface area contributed by atoms with Gasteiger partial charge in [0.2, 0.25) is 0 Å². The predicted octanol–water partition coefficient (Wildman–Crippen LogP) is 3.70. The van der Waals surface area contributed by atoms with E-state index in [0.29, 0.717) is 29.1 Å². The highest BCUT2D eigenvalue weighted by Gasteiger charge is 2.47. The number of alkyl halides is 1.